The molecule has 2 aromatic carbocycles. The maximum Gasteiger partial charge on any atom is 0.416 e. The molecule has 0 unspecified atom stereocenters. The SMILES string of the molecule is CCO[C@H]1Cc2ccccc2[C@H]1Nc1c(C)nc(-c2ccc(C(F)(F)F)cc2Cl)n(C)c1=O. The predicted octanol–water partition coefficient (Wildman–Crippen LogP) is 5.54. The van der Waals surface area contributed by atoms with Crippen LogP contribution >= 0.6 is 11.6 Å². The lowest BCUT2D eigenvalue weighted by molar-refractivity contribution is -0.137. The number of nitrogens with zero attached hydrogens (tertiary/aromatic N) is 2. The normalized spacial score (nSPS) is 17.8. The quantitative estimate of drug-likeness (QED) is 0.524. The van der Waals surface area contributed by atoms with Gasteiger partial charge in [-0.1, -0.05) is 35.9 Å². The van der Waals surface area contributed by atoms with Crippen molar-refractivity contribution in [3.63, 3.8) is 0 Å². The zero-order chi connectivity index (χ0) is 23.9. The van der Waals surface area contributed by atoms with Gasteiger partial charge in [-0.05, 0) is 43.2 Å². The second-order valence-corrected chi connectivity index (χ2v) is 8.38. The second kappa shape index (κ2) is 8.83. The Labute approximate surface area is 194 Å². The summed E-state index contributed by atoms with van der Waals surface area (Å²) in [7, 11) is 1.52. The third kappa shape index (κ3) is 4.37. The molecule has 1 aromatic heterocycles. The van der Waals surface area contributed by atoms with Gasteiger partial charge >= 0.3 is 6.18 Å². The van der Waals surface area contributed by atoms with Gasteiger partial charge in [-0.25, -0.2) is 4.98 Å². The van der Waals surface area contributed by atoms with Gasteiger partial charge in [0.1, 0.15) is 11.5 Å². The molecule has 2 atom stereocenters. The summed E-state index contributed by atoms with van der Waals surface area (Å²) in [6, 6.07) is 10.7. The average molecular weight is 478 g/mol. The molecule has 1 aliphatic carbocycles. The van der Waals surface area contributed by atoms with Crippen LogP contribution in [0.5, 0.6) is 0 Å². The van der Waals surface area contributed by atoms with Crippen molar-refractivity contribution in [2.75, 3.05) is 11.9 Å². The van der Waals surface area contributed by atoms with E-state index in [0.717, 1.165) is 29.7 Å². The topological polar surface area (TPSA) is 56.1 Å². The Bertz CT molecular complexity index is 1260. The number of ether oxygens (including phenoxy) is 1. The standard InChI is InChI=1S/C24H23ClF3N3O2/c1-4-33-19-11-14-7-5-6-8-16(14)21(19)30-20-13(2)29-22(31(3)23(20)32)17-10-9-15(12-18(17)25)24(26,27)28/h5-10,12,19,21,30H,4,11H2,1-3H3/t19-,21+/m0/s1. The van der Waals surface area contributed by atoms with E-state index in [-0.39, 0.29) is 34.1 Å². The van der Waals surface area contributed by atoms with E-state index in [1.807, 2.05) is 31.2 Å². The summed E-state index contributed by atoms with van der Waals surface area (Å²) in [5.74, 6) is 0.190. The monoisotopic (exact) mass is 477 g/mol. The Morgan fingerprint density at radius 2 is 1.97 bits per heavy atom. The molecule has 5 nitrogen and oxygen atoms in total. The molecular weight excluding hydrogens is 455 g/mol. The van der Waals surface area contributed by atoms with Gasteiger partial charge in [-0.3, -0.25) is 9.36 Å². The third-order valence-corrected chi connectivity index (χ3v) is 6.19. The number of alkyl halides is 3. The van der Waals surface area contributed by atoms with Crippen molar-refractivity contribution in [3.8, 4) is 11.4 Å². The van der Waals surface area contributed by atoms with E-state index >= 15 is 0 Å². The van der Waals surface area contributed by atoms with E-state index < -0.39 is 11.7 Å². The Balaban J connectivity index is 1.73. The number of aromatic nitrogens is 2. The van der Waals surface area contributed by atoms with Gasteiger partial charge in [0.2, 0.25) is 0 Å². The Hall–Kier alpha value is -2.84. The van der Waals surface area contributed by atoms with Crippen LogP contribution in [0.4, 0.5) is 18.9 Å². The van der Waals surface area contributed by atoms with Crippen molar-refractivity contribution < 1.29 is 17.9 Å². The van der Waals surface area contributed by atoms with Crippen molar-refractivity contribution >= 4 is 17.3 Å². The molecule has 0 aliphatic heterocycles. The zero-order valence-electron chi connectivity index (χ0n) is 18.3. The van der Waals surface area contributed by atoms with Crippen molar-refractivity contribution in [1.82, 2.24) is 9.55 Å². The molecule has 1 aliphatic rings. The number of benzene rings is 2. The van der Waals surface area contributed by atoms with Gasteiger partial charge in [0.15, 0.2) is 0 Å². The van der Waals surface area contributed by atoms with Crippen molar-refractivity contribution in [3.05, 3.63) is 80.2 Å². The van der Waals surface area contributed by atoms with Crippen LogP contribution in [0.15, 0.2) is 47.3 Å². The summed E-state index contributed by atoms with van der Waals surface area (Å²) in [4.78, 5) is 17.8. The molecule has 4 rings (SSSR count). The number of hydrogen-bond acceptors (Lipinski definition) is 4. The van der Waals surface area contributed by atoms with Crippen LogP contribution in [-0.2, 0) is 24.4 Å². The number of hydrogen-bond donors (Lipinski definition) is 1. The maximum absolute atomic E-state index is 13.3. The van der Waals surface area contributed by atoms with Gasteiger partial charge in [0.25, 0.3) is 5.56 Å². The first-order valence-electron chi connectivity index (χ1n) is 10.5. The molecule has 3 aromatic rings. The second-order valence-electron chi connectivity index (χ2n) is 7.97. The molecular formula is C24H23ClF3N3O2. The fourth-order valence-corrected chi connectivity index (χ4v) is 4.51. The van der Waals surface area contributed by atoms with Gasteiger partial charge < -0.3 is 10.1 Å². The number of aryl methyl sites for hydroxylation is 1. The highest BCUT2D eigenvalue weighted by Crippen LogP contribution is 2.37. The fourth-order valence-electron chi connectivity index (χ4n) is 4.24. The van der Waals surface area contributed by atoms with Crippen molar-refractivity contribution in [2.24, 2.45) is 7.05 Å². The molecule has 174 valence electrons. The highest BCUT2D eigenvalue weighted by Gasteiger charge is 2.34. The van der Waals surface area contributed by atoms with E-state index in [4.69, 9.17) is 16.3 Å². The Morgan fingerprint density at radius 1 is 1.24 bits per heavy atom. The molecule has 0 saturated carbocycles. The highest BCUT2D eigenvalue weighted by atomic mass is 35.5. The molecule has 9 heteroatoms. The molecule has 1 N–H and O–H groups in total. The molecule has 0 amide bonds. The lowest BCUT2D eigenvalue weighted by Gasteiger charge is -2.24. The van der Waals surface area contributed by atoms with E-state index in [2.05, 4.69) is 10.3 Å². The summed E-state index contributed by atoms with van der Waals surface area (Å²) in [5.41, 5.74) is 1.99. The summed E-state index contributed by atoms with van der Waals surface area (Å²) in [6.07, 6.45) is -3.92. The average Bonchev–Trinajstić information content (AvgIpc) is 3.10. The van der Waals surface area contributed by atoms with Crippen LogP contribution in [0.3, 0.4) is 0 Å². The lowest BCUT2D eigenvalue weighted by Crippen LogP contribution is -2.31. The fraction of sp³-hybridized carbons (Fsp3) is 0.333. The van der Waals surface area contributed by atoms with Gasteiger partial charge in [0, 0.05) is 25.6 Å². The molecule has 0 bridgehead atoms. The maximum atomic E-state index is 13.3. The first-order chi connectivity index (χ1) is 15.6. The van der Waals surface area contributed by atoms with E-state index in [0.29, 0.717) is 18.0 Å². The Morgan fingerprint density at radius 3 is 2.64 bits per heavy atom. The first-order valence-corrected chi connectivity index (χ1v) is 10.9. The van der Waals surface area contributed by atoms with Crippen molar-refractivity contribution in [2.45, 2.75) is 38.6 Å². The summed E-state index contributed by atoms with van der Waals surface area (Å²) in [5, 5.41) is 3.20. The number of anilines is 1. The summed E-state index contributed by atoms with van der Waals surface area (Å²) in [6.45, 7) is 4.15. The predicted molar refractivity (Wildman–Crippen MR) is 122 cm³/mol. The van der Waals surface area contributed by atoms with Crippen LogP contribution in [0.1, 0.15) is 35.3 Å². The van der Waals surface area contributed by atoms with Crippen LogP contribution in [-0.4, -0.2) is 22.3 Å². The number of rotatable bonds is 5. The van der Waals surface area contributed by atoms with Crippen LogP contribution in [0.25, 0.3) is 11.4 Å². The molecule has 33 heavy (non-hydrogen) atoms. The third-order valence-electron chi connectivity index (χ3n) is 5.87. The summed E-state index contributed by atoms with van der Waals surface area (Å²) >= 11 is 6.15. The number of halogens is 4. The smallest absolute Gasteiger partial charge is 0.376 e. The molecule has 0 spiro atoms. The molecule has 0 radical (unpaired) electrons. The van der Waals surface area contributed by atoms with Crippen LogP contribution < -0.4 is 10.9 Å². The molecule has 1 heterocycles. The first kappa shape index (κ1) is 23.3. The van der Waals surface area contributed by atoms with Gasteiger partial charge in [-0.2, -0.15) is 13.2 Å². The minimum absolute atomic E-state index is 0.131. The molecule has 0 saturated heterocycles. The van der Waals surface area contributed by atoms with Crippen molar-refractivity contribution in [1.29, 1.82) is 0 Å². The largest absolute Gasteiger partial charge is 0.416 e. The zero-order valence-corrected chi connectivity index (χ0v) is 19.1. The summed E-state index contributed by atoms with van der Waals surface area (Å²) < 4.78 is 46.2. The number of nitrogens with one attached hydrogen (secondary N) is 1. The minimum Gasteiger partial charge on any atom is -0.376 e. The Kier molecular flexibility index (Phi) is 6.24. The minimum atomic E-state index is -4.51. The van der Waals surface area contributed by atoms with Gasteiger partial charge in [-0.15, -0.1) is 0 Å². The van der Waals surface area contributed by atoms with E-state index in [9.17, 15) is 18.0 Å². The van der Waals surface area contributed by atoms with Gasteiger partial charge in [0.05, 0.1) is 28.4 Å². The molecule has 0 fully saturated rings. The van der Waals surface area contributed by atoms with E-state index in [1.54, 1.807) is 6.92 Å². The van der Waals surface area contributed by atoms with Crippen LogP contribution in [0.2, 0.25) is 5.02 Å². The highest BCUT2D eigenvalue weighted by molar-refractivity contribution is 6.33. The van der Waals surface area contributed by atoms with E-state index in [1.165, 1.54) is 17.7 Å². The number of fused-ring (bicyclic) bond motifs is 1. The van der Waals surface area contributed by atoms with Crippen LogP contribution in [0, 0.1) is 6.92 Å². The lowest BCUT2D eigenvalue weighted by atomic mass is 10.1.